The first kappa shape index (κ1) is 21.6. The van der Waals surface area contributed by atoms with E-state index in [1.807, 2.05) is 0 Å². The zero-order valence-electron chi connectivity index (χ0n) is 18.7. The summed E-state index contributed by atoms with van der Waals surface area (Å²) in [4.78, 5) is 18.6. The molecule has 1 saturated carbocycles. The van der Waals surface area contributed by atoms with E-state index >= 15 is 0 Å². The number of amides is 1. The molecule has 2 N–H and O–H groups in total. The summed E-state index contributed by atoms with van der Waals surface area (Å²) in [5.41, 5.74) is 1.27. The van der Waals surface area contributed by atoms with Crippen LogP contribution in [0.15, 0.2) is 36.4 Å². The molecule has 2 saturated heterocycles. The van der Waals surface area contributed by atoms with Crippen molar-refractivity contribution in [3.63, 3.8) is 0 Å². The van der Waals surface area contributed by atoms with Crippen LogP contribution in [0.1, 0.15) is 50.5 Å². The molecule has 0 spiro atoms. The fourth-order valence-corrected chi connectivity index (χ4v) is 5.71. The highest BCUT2D eigenvalue weighted by Crippen LogP contribution is 2.22. The summed E-state index contributed by atoms with van der Waals surface area (Å²) in [6, 6.07) is 10.5. The third kappa shape index (κ3) is 6.18. The maximum Gasteiger partial charge on any atom is 0.226 e. The molecule has 1 aliphatic carbocycles. The van der Waals surface area contributed by atoms with Gasteiger partial charge in [-0.1, -0.05) is 55.7 Å². The van der Waals surface area contributed by atoms with Crippen LogP contribution in [0.25, 0.3) is 6.08 Å². The van der Waals surface area contributed by atoms with Crippen molar-refractivity contribution in [2.45, 2.75) is 44.9 Å². The predicted octanol–water partition coefficient (Wildman–Crippen LogP) is 1.30. The largest absolute Gasteiger partial charge is 0.335 e. The minimum atomic E-state index is 0.291. The van der Waals surface area contributed by atoms with Gasteiger partial charge in [0, 0.05) is 24.7 Å². The Morgan fingerprint density at radius 2 is 1.60 bits per heavy atom. The second-order valence-corrected chi connectivity index (χ2v) is 9.82. The topological polar surface area (TPSA) is 29.2 Å². The van der Waals surface area contributed by atoms with Gasteiger partial charge in [0.05, 0.1) is 52.4 Å². The van der Waals surface area contributed by atoms with E-state index < -0.39 is 0 Å². The second kappa shape index (κ2) is 11.1. The Hall–Kier alpha value is -1.65. The molecule has 0 aromatic heterocycles. The van der Waals surface area contributed by atoms with Crippen LogP contribution in [0.4, 0.5) is 0 Å². The number of nitrogens with zero attached hydrogens (tertiary/aromatic N) is 1. The standard InChI is InChI=1S/C26H39N3O/c30-26(25-13-16-28(17-14-25)22-24-10-5-2-6-11-24)29-20-18-27(19-21-29)15-7-12-23-8-3-1-4-9-23/h1,3-4,7-9,12,24-25H,2,5-6,10-11,13-22H2/p+2/b12-7+. The van der Waals surface area contributed by atoms with Crippen LogP contribution < -0.4 is 9.80 Å². The van der Waals surface area contributed by atoms with E-state index in [0.717, 1.165) is 51.5 Å². The molecule has 2 heterocycles. The number of hydrogen-bond acceptors (Lipinski definition) is 1. The minimum Gasteiger partial charge on any atom is -0.335 e. The number of likely N-dealkylation sites (tertiary alicyclic amines) is 1. The van der Waals surface area contributed by atoms with Gasteiger partial charge < -0.3 is 14.7 Å². The first-order valence-corrected chi connectivity index (χ1v) is 12.5. The van der Waals surface area contributed by atoms with E-state index in [1.54, 1.807) is 9.80 Å². The summed E-state index contributed by atoms with van der Waals surface area (Å²) in [6.45, 7) is 8.86. The number of carbonyl (C=O) groups excluding carboxylic acids is 1. The maximum absolute atomic E-state index is 13.0. The third-order valence-corrected chi connectivity index (χ3v) is 7.64. The molecule has 1 aromatic rings. The lowest BCUT2D eigenvalue weighted by Gasteiger charge is -2.36. The number of quaternary nitrogens is 2. The lowest BCUT2D eigenvalue weighted by atomic mass is 9.87. The van der Waals surface area contributed by atoms with Crippen LogP contribution >= 0.6 is 0 Å². The summed E-state index contributed by atoms with van der Waals surface area (Å²) in [5, 5.41) is 0. The molecule has 0 unspecified atom stereocenters. The molecular formula is C26H41N3O+2. The van der Waals surface area contributed by atoms with Crippen molar-refractivity contribution in [2.24, 2.45) is 11.8 Å². The van der Waals surface area contributed by atoms with Crippen molar-refractivity contribution in [1.29, 1.82) is 0 Å². The molecule has 164 valence electrons. The van der Waals surface area contributed by atoms with Gasteiger partial charge in [-0.2, -0.15) is 0 Å². The van der Waals surface area contributed by atoms with Crippen molar-refractivity contribution >= 4 is 12.0 Å². The van der Waals surface area contributed by atoms with Crippen molar-refractivity contribution in [3.8, 4) is 0 Å². The summed E-state index contributed by atoms with van der Waals surface area (Å²) < 4.78 is 0. The maximum atomic E-state index is 13.0. The molecule has 1 amide bonds. The van der Waals surface area contributed by atoms with Gasteiger partial charge in [-0.25, -0.2) is 0 Å². The zero-order chi connectivity index (χ0) is 20.6. The SMILES string of the molecule is O=C(C1CC[NH+](CC2CCCCC2)CC1)N1CC[NH+](C/C=C/c2ccccc2)CC1. The Kier molecular flexibility index (Phi) is 7.99. The minimum absolute atomic E-state index is 0.291. The molecular weight excluding hydrogens is 370 g/mol. The Bertz CT molecular complexity index is 667. The predicted molar refractivity (Wildman–Crippen MR) is 122 cm³/mol. The molecule has 1 aromatic carbocycles. The fraction of sp³-hybridized carbons (Fsp3) is 0.654. The van der Waals surface area contributed by atoms with Gasteiger partial charge in [0.1, 0.15) is 0 Å². The van der Waals surface area contributed by atoms with Gasteiger partial charge in [0.2, 0.25) is 5.91 Å². The van der Waals surface area contributed by atoms with Crippen molar-refractivity contribution in [3.05, 3.63) is 42.0 Å². The highest BCUT2D eigenvalue weighted by Gasteiger charge is 2.33. The number of hydrogen-bond donors (Lipinski definition) is 2. The Labute approximate surface area is 182 Å². The molecule has 30 heavy (non-hydrogen) atoms. The lowest BCUT2D eigenvalue weighted by molar-refractivity contribution is -0.909. The third-order valence-electron chi connectivity index (χ3n) is 7.64. The molecule has 3 fully saturated rings. The number of rotatable bonds is 6. The molecule has 0 bridgehead atoms. The van der Waals surface area contributed by atoms with Crippen molar-refractivity contribution < 1.29 is 14.6 Å². The van der Waals surface area contributed by atoms with Crippen LogP contribution in [-0.2, 0) is 4.79 Å². The van der Waals surface area contributed by atoms with Crippen LogP contribution in [-0.4, -0.2) is 63.2 Å². The molecule has 4 nitrogen and oxygen atoms in total. The Morgan fingerprint density at radius 3 is 2.30 bits per heavy atom. The highest BCUT2D eigenvalue weighted by molar-refractivity contribution is 5.79. The van der Waals surface area contributed by atoms with Crippen molar-refractivity contribution in [2.75, 3.05) is 52.4 Å². The molecule has 2 aliphatic heterocycles. The van der Waals surface area contributed by atoms with Gasteiger partial charge in [-0.15, -0.1) is 0 Å². The van der Waals surface area contributed by atoms with E-state index in [0.29, 0.717) is 11.8 Å². The van der Waals surface area contributed by atoms with E-state index in [9.17, 15) is 4.79 Å². The quantitative estimate of drug-likeness (QED) is 0.726. The molecule has 4 rings (SSSR count). The zero-order valence-corrected chi connectivity index (χ0v) is 18.7. The summed E-state index contributed by atoms with van der Waals surface area (Å²) in [6.07, 6.45) is 13.9. The van der Waals surface area contributed by atoms with Crippen LogP contribution in [0, 0.1) is 11.8 Å². The monoisotopic (exact) mass is 411 g/mol. The van der Waals surface area contributed by atoms with E-state index in [4.69, 9.17) is 0 Å². The van der Waals surface area contributed by atoms with Gasteiger partial charge in [-0.05, 0) is 24.5 Å². The Balaban J connectivity index is 1.14. The second-order valence-electron chi connectivity index (χ2n) is 9.82. The van der Waals surface area contributed by atoms with E-state index in [-0.39, 0.29) is 0 Å². The summed E-state index contributed by atoms with van der Waals surface area (Å²) >= 11 is 0. The number of piperidine rings is 1. The van der Waals surface area contributed by atoms with E-state index in [1.165, 1.54) is 57.3 Å². The molecule has 3 aliphatic rings. The number of nitrogens with one attached hydrogen (secondary N) is 2. The normalized spacial score (nSPS) is 26.9. The summed E-state index contributed by atoms with van der Waals surface area (Å²) in [5.74, 6) is 1.69. The molecule has 0 radical (unpaired) electrons. The Morgan fingerprint density at radius 1 is 0.900 bits per heavy atom. The van der Waals surface area contributed by atoms with Crippen LogP contribution in [0.3, 0.4) is 0 Å². The van der Waals surface area contributed by atoms with Gasteiger partial charge >= 0.3 is 0 Å². The summed E-state index contributed by atoms with van der Waals surface area (Å²) in [7, 11) is 0. The van der Waals surface area contributed by atoms with Gasteiger partial charge in [0.25, 0.3) is 0 Å². The van der Waals surface area contributed by atoms with Crippen LogP contribution in [0.2, 0.25) is 0 Å². The average Bonchev–Trinajstić information content (AvgIpc) is 2.81. The lowest BCUT2D eigenvalue weighted by Crippen LogP contribution is -3.14. The fourth-order valence-electron chi connectivity index (χ4n) is 5.71. The van der Waals surface area contributed by atoms with Gasteiger partial charge in [-0.3, -0.25) is 4.79 Å². The van der Waals surface area contributed by atoms with Gasteiger partial charge in [0.15, 0.2) is 0 Å². The van der Waals surface area contributed by atoms with Crippen LogP contribution in [0.5, 0.6) is 0 Å². The molecule has 0 atom stereocenters. The highest BCUT2D eigenvalue weighted by atomic mass is 16.2. The first-order valence-electron chi connectivity index (χ1n) is 12.5. The van der Waals surface area contributed by atoms with Crippen molar-refractivity contribution in [1.82, 2.24) is 4.90 Å². The number of carbonyl (C=O) groups is 1. The smallest absolute Gasteiger partial charge is 0.226 e. The number of piperazine rings is 1. The number of benzene rings is 1. The average molecular weight is 412 g/mol. The molecule has 4 heteroatoms. The first-order chi connectivity index (χ1) is 14.8. The van der Waals surface area contributed by atoms with E-state index in [2.05, 4.69) is 47.4 Å².